The molecular formula is C30H48FN7OS. The number of nitrogens with zero attached hydrogens (tertiary/aromatic N) is 2. The number of piperazine rings is 1. The van der Waals surface area contributed by atoms with Gasteiger partial charge in [0.1, 0.15) is 12.4 Å². The topological polar surface area (TPSA) is 86.9 Å². The Kier molecular flexibility index (Phi) is 8.69. The predicted octanol–water partition coefficient (Wildman–Crippen LogP) is 0.945. The van der Waals surface area contributed by atoms with Crippen molar-refractivity contribution in [3.8, 4) is 0 Å². The fourth-order valence-electron chi connectivity index (χ4n) is 8.39. The molecule has 7 aliphatic rings. The molecule has 0 bridgehead atoms. The molecule has 0 aromatic heterocycles. The maximum atomic E-state index is 13.5. The lowest BCUT2D eigenvalue weighted by Crippen LogP contribution is -2.56. The number of allylic oxidation sites excluding steroid dienone is 2. The number of alkyl halides is 1. The van der Waals surface area contributed by atoms with Crippen molar-refractivity contribution in [3.05, 3.63) is 36.0 Å². The molecule has 0 radical (unpaired) electrons. The summed E-state index contributed by atoms with van der Waals surface area (Å²) in [4.78, 5) is 5.07. The van der Waals surface area contributed by atoms with Gasteiger partial charge in [0.15, 0.2) is 0 Å². The highest BCUT2D eigenvalue weighted by Gasteiger charge is 2.43. The molecule has 4 fully saturated rings. The molecule has 222 valence electrons. The van der Waals surface area contributed by atoms with Gasteiger partial charge in [-0.1, -0.05) is 36.0 Å². The average Bonchev–Trinajstić information content (AvgIpc) is 3.75. The number of thioether (sulfide) groups is 1. The standard InChI is InChI=1S/C30H48FN7OS/c31-20-4-6-21(7-5-20)38-12-10-37(11-13-38)17-29-34-28(18-40-29)30(39)35-26-14-19(15-27-24(26)16-33-36-27)22-2-1-3-25-23(22)8-9-32-25/h1,3-4,6,14,20-30,32-36,39H,2,5,7-13,15-18H2. The minimum absolute atomic E-state index is 0.0536. The molecule has 0 spiro atoms. The first-order valence-electron chi connectivity index (χ1n) is 15.8. The summed E-state index contributed by atoms with van der Waals surface area (Å²) in [6, 6.07) is 1.58. The molecule has 11 unspecified atom stereocenters. The van der Waals surface area contributed by atoms with E-state index in [0.717, 1.165) is 70.8 Å². The van der Waals surface area contributed by atoms with Crippen LogP contribution in [0, 0.1) is 17.8 Å². The number of fused-ring (bicyclic) bond motifs is 2. The van der Waals surface area contributed by atoms with Crippen molar-refractivity contribution in [3.63, 3.8) is 0 Å². The Bertz CT molecular complexity index is 974. The Hall–Kier alpha value is -0.820. The zero-order valence-electron chi connectivity index (χ0n) is 23.6. The van der Waals surface area contributed by atoms with Crippen LogP contribution in [0.1, 0.15) is 32.1 Å². The van der Waals surface area contributed by atoms with Crippen molar-refractivity contribution in [2.45, 2.75) is 80.1 Å². The largest absolute Gasteiger partial charge is 0.377 e. The Morgan fingerprint density at radius 3 is 2.85 bits per heavy atom. The molecule has 0 aromatic carbocycles. The predicted molar refractivity (Wildman–Crippen MR) is 159 cm³/mol. The lowest BCUT2D eigenvalue weighted by Gasteiger charge is -2.40. The van der Waals surface area contributed by atoms with E-state index in [0.29, 0.717) is 47.7 Å². The maximum absolute atomic E-state index is 13.5. The summed E-state index contributed by atoms with van der Waals surface area (Å²) in [5.41, 5.74) is 8.52. The molecule has 8 nitrogen and oxygen atoms in total. The van der Waals surface area contributed by atoms with Crippen molar-refractivity contribution in [2.75, 3.05) is 51.6 Å². The van der Waals surface area contributed by atoms with Gasteiger partial charge in [-0.3, -0.25) is 31.3 Å². The van der Waals surface area contributed by atoms with Crippen LogP contribution in [0.25, 0.3) is 0 Å². The fourth-order valence-corrected chi connectivity index (χ4v) is 9.69. The van der Waals surface area contributed by atoms with E-state index in [-0.39, 0.29) is 12.1 Å². The number of halogens is 1. The van der Waals surface area contributed by atoms with Crippen LogP contribution in [0.15, 0.2) is 36.0 Å². The zero-order chi connectivity index (χ0) is 27.1. The minimum Gasteiger partial charge on any atom is -0.377 e. The van der Waals surface area contributed by atoms with Crippen LogP contribution in [0.3, 0.4) is 0 Å². The van der Waals surface area contributed by atoms with Crippen LogP contribution in [0.4, 0.5) is 4.39 Å². The van der Waals surface area contributed by atoms with Gasteiger partial charge in [0.25, 0.3) is 0 Å². The van der Waals surface area contributed by atoms with Crippen molar-refractivity contribution in [1.29, 1.82) is 0 Å². The maximum Gasteiger partial charge on any atom is 0.121 e. The Morgan fingerprint density at radius 1 is 1.10 bits per heavy atom. The molecule has 0 aromatic rings. The number of aliphatic hydroxyl groups is 1. The van der Waals surface area contributed by atoms with E-state index in [9.17, 15) is 9.50 Å². The second kappa shape index (κ2) is 12.4. The molecule has 6 N–H and O–H groups in total. The Morgan fingerprint density at radius 2 is 2.00 bits per heavy atom. The first kappa shape index (κ1) is 28.0. The highest BCUT2D eigenvalue weighted by molar-refractivity contribution is 8.00. The van der Waals surface area contributed by atoms with Crippen molar-refractivity contribution >= 4 is 11.8 Å². The van der Waals surface area contributed by atoms with Crippen molar-refractivity contribution in [1.82, 2.24) is 36.6 Å². The highest BCUT2D eigenvalue weighted by atomic mass is 32.2. The third-order valence-corrected chi connectivity index (χ3v) is 11.9. The van der Waals surface area contributed by atoms with Crippen molar-refractivity contribution in [2.24, 2.45) is 17.8 Å². The number of nitrogens with one attached hydrogen (secondary N) is 5. The number of hydrogen-bond donors (Lipinski definition) is 6. The Labute approximate surface area is 243 Å². The zero-order valence-corrected chi connectivity index (χ0v) is 24.4. The summed E-state index contributed by atoms with van der Waals surface area (Å²) in [6.07, 6.45) is 14.9. The van der Waals surface area contributed by atoms with Crippen LogP contribution in [-0.2, 0) is 0 Å². The van der Waals surface area contributed by atoms with Gasteiger partial charge < -0.3 is 10.4 Å². The highest BCUT2D eigenvalue weighted by Crippen LogP contribution is 2.41. The SMILES string of the molecule is OC(NC1C=C(C2CC=CC3NCCC32)CC2NNCC12)C1CSC(CN2CCN(C3C=CC(F)CC3)CC2)N1. The lowest BCUT2D eigenvalue weighted by atomic mass is 9.70. The van der Waals surface area contributed by atoms with Gasteiger partial charge in [0.2, 0.25) is 0 Å². The van der Waals surface area contributed by atoms with E-state index < -0.39 is 12.4 Å². The second-order valence-corrected chi connectivity index (χ2v) is 14.3. The van der Waals surface area contributed by atoms with Crippen LogP contribution in [0.5, 0.6) is 0 Å². The summed E-state index contributed by atoms with van der Waals surface area (Å²) in [5, 5.41) is 22.8. The quantitative estimate of drug-likeness (QED) is 0.197. The van der Waals surface area contributed by atoms with Gasteiger partial charge in [-0.25, -0.2) is 4.39 Å². The number of hydrazine groups is 1. The van der Waals surface area contributed by atoms with Gasteiger partial charge in [-0.2, -0.15) is 0 Å². The molecule has 4 aliphatic heterocycles. The number of hydrogen-bond acceptors (Lipinski definition) is 9. The summed E-state index contributed by atoms with van der Waals surface area (Å²) in [6.45, 7) is 7.27. The molecule has 3 aliphatic carbocycles. The van der Waals surface area contributed by atoms with Crippen LogP contribution >= 0.6 is 11.8 Å². The van der Waals surface area contributed by atoms with Gasteiger partial charge in [-0.05, 0) is 50.5 Å². The summed E-state index contributed by atoms with van der Waals surface area (Å²) in [7, 11) is 0. The van der Waals surface area contributed by atoms with E-state index in [1.165, 1.54) is 6.42 Å². The lowest BCUT2D eigenvalue weighted by molar-refractivity contribution is 0.0790. The van der Waals surface area contributed by atoms with E-state index in [4.69, 9.17) is 0 Å². The van der Waals surface area contributed by atoms with E-state index in [2.05, 4.69) is 60.9 Å². The molecule has 4 saturated heterocycles. The molecule has 4 heterocycles. The smallest absolute Gasteiger partial charge is 0.121 e. The molecule has 11 atom stereocenters. The minimum atomic E-state index is -0.753. The summed E-state index contributed by atoms with van der Waals surface area (Å²) in [5.74, 6) is 2.68. The third kappa shape index (κ3) is 5.98. The van der Waals surface area contributed by atoms with Gasteiger partial charge in [-0.15, -0.1) is 11.8 Å². The molecule has 0 saturated carbocycles. The first-order chi connectivity index (χ1) is 19.6. The van der Waals surface area contributed by atoms with Gasteiger partial charge in [0, 0.05) is 75.1 Å². The monoisotopic (exact) mass is 573 g/mol. The van der Waals surface area contributed by atoms with E-state index in [1.807, 2.05) is 11.8 Å². The van der Waals surface area contributed by atoms with E-state index in [1.54, 1.807) is 11.6 Å². The van der Waals surface area contributed by atoms with Crippen LogP contribution in [0.2, 0.25) is 0 Å². The summed E-state index contributed by atoms with van der Waals surface area (Å²) < 4.78 is 13.5. The van der Waals surface area contributed by atoms with E-state index >= 15 is 0 Å². The Balaban J connectivity index is 0.918. The molecule has 7 rings (SSSR count). The van der Waals surface area contributed by atoms with Gasteiger partial charge in [0.05, 0.1) is 11.4 Å². The molecule has 0 amide bonds. The van der Waals surface area contributed by atoms with Crippen LogP contribution in [-0.4, -0.2) is 114 Å². The normalized spacial score (nSPS) is 44.9. The first-order valence-corrected chi connectivity index (χ1v) is 16.8. The van der Waals surface area contributed by atoms with Crippen molar-refractivity contribution < 1.29 is 9.50 Å². The number of rotatable bonds is 7. The molecule has 10 heteroatoms. The summed E-state index contributed by atoms with van der Waals surface area (Å²) >= 11 is 1.94. The second-order valence-electron chi connectivity index (χ2n) is 13.1. The molecule has 40 heavy (non-hydrogen) atoms. The van der Waals surface area contributed by atoms with Gasteiger partial charge >= 0.3 is 0 Å². The average molecular weight is 574 g/mol. The van der Waals surface area contributed by atoms with Crippen LogP contribution < -0.4 is 26.8 Å². The fraction of sp³-hybridized carbons (Fsp3) is 0.800. The molecular weight excluding hydrogens is 525 g/mol. The number of aliphatic hydroxyl groups excluding tert-OH is 1. The third-order valence-electron chi connectivity index (χ3n) is 10.7.